The second-order valence-corrected chi connectivity index (χ2v) is 6.00. The van der Waals surface area contributed by atoms with Crippen LogP contribution in [0.25, 0.3) is 0 Å². The third kappa shape index (κ3) is 4.38. The molecule has 0 radical (unpaired) electrons. The molecule has 0 bridgehead atoms. The van der Waals surface area contributed by atoms with E-state index in [-0.39, 0.29) is 5.91 Å². The number of hydrogen-bond donors (Lipinski definition) is 1. The number of carbonyl (C=O) groups excluding carboxylic acids is 1. The molecule has 0 saturated carbocycles. The summed E-state index contributed by atoms with van der Waals surface area (Å²) in [4.78, 5) is 14.9. The van der Waals surface area contributed by atoms with Gasteiger partial charge in [0, 0.05) is 38.0 Å². The van der Waals surface area contributed by atoms with Crippen LogP contribution >= 0.6 is 0 Å². The summed E-state index contributed by atoms with van der Waals surface area (Å²) < 4.78 is 10.6. The van der Waals surface area contributed by atoms with Crippen molar-refractivity contribution in [3.63, 3.8) is 0 Å². The molecule has 1 amide bonds. The lowest BCUT2D eigenvalue weighted by molar-refractivity contribution is 0.0945. The maximum atomic E-state index is 12.6. The van der Waals surface area contributed by atoms with E-state index in [4.69, 9.17) is 9.47 Å². The van der Waals surface area contributed by atoms with Gasteiger partial charge in [-0.25, -0.2) is 0 Å². The molecule has 1 heterocycles. The van der Waals surface area contributed by atoms with Gasteiger partial charge in [0.1, 0.15) is 0 Å². The monoisotopic (exact) mass is 340 g/mol. The summed E-state index contributed by atoms with van der Waals surface area (Å²) in [6.07, 6.45) is 0. The number of nitrogens with zero attached hydrogens (tertiary/aromatic N) is 1. The summed E-state index contributed by atoms with van der Waals surface area (Å²) in [5.74, 6) is -0.0792. The van der Waals surface area contributed by atoms with Gasteiger partial charge < -0.3 is 19.7 Å². The molecule has 1 aliphatic rings. The van der Waals surface area contributed by atoms with Gasteiger partial charge in [0.25, 0.3) is 5.91 Å². The summed E-state index contributed by atoms with van der Waals surface area (Å²) in [7, 11) is 1.63. The number of ether oxygens (including phenoxy) is 2. The van der Waals surface area contributed by atoms with Gasteiger partial charge in [-0.2, -0.15) is 0 Å². The normalized spacial score (nSPS) is 14.4. The number of benzene rings is 2. The lowest BCUT2D eigenvalue weighted by Crippen LogP contribution is -2.37. The predicted octanol–water partition coefficient (Wildman–Crippen LogP) is 2.60. The van der Waals surface area contributed by atoms with Crippen molar-refractivity contribution in [2.24, 2.45) is 0 Å². The molecule has 25 heavy (non-hydrogen) atoms. The van der Waals surface area contributed by atoms with Crippen LogP contribution < -0.4 is 10.2 Å². The molecule has 2 aromatic rings. The van der Waals surface area contributed by atoms with Crippen molar-refractivity contribution in [1.29, 1.82) is 0 Å². The van der Waals surface area contributed by atoms with Crippen molar-refractivity contribution in [2.75, 3.05) is 38.3 Å². The van der Waals surface area contributed by atoms with E-state index < -0.39 is 0 Å². The van der Waals surface area contributed by atoms with E-state index in [1.807, 2.05) is 36.4 Å². The SMILES string of the molecule is COCc1ccccc1C(=O)NCc1ccccc1N1CCOCC1. The highest BCUT2D eigenvalue weighted by molar-refractivity contribution is 5.95. The van der Waals surface area contributed by atoms with Crippen LogP contribution in [0.1, 0.15) is 21.5 Å². The van der Waals surface area contributed by atoms with Crippen LogP contribution in [-0.2, 0) is 22.6 Å². The number of methoxy groups -OCH3 is 1. The van der Waals surface area contributed by atoms with E-state index in [1.165, 1.54) is 0 Å². The number of nitrogens with one attached hydrogen (secondary N) is 1. The molecule has 0 atom stereocenters. The molecule has 1 N–H and O–H groups in total. The maximum Gasteiger partial charge on any atom is 0.251 e. The van der Waals surface area contributed by atoms with Gasteiger partial charge in [-0.1, -0.05) is 36.4 Å². The second-order valence-electron chi connectivity index (χ2n) is 6.00. The van der Waals surface area contributed by atoms with Gasteiger partial charge in [0.15, 0.2) is 0 Å². The predicted molar refractivity (Wildman–Crippen MR) is 97.8 cm³/mol. The number of hydrogen-bond acceptors (Lipinski definition) is 4. The Labute approximate surface area is 148 Å². The average molecular weight is 340 g/mol. The Bertz CT molecular complexity index is 712. The van der Waals surface area contributed by atoms with Crippen molar-refractivity contribution >= 4 is 11.6 Å². The molecule has 0 spiro atoms. The zero-order valence-electron chi connectivity index (χ0n) is 14.5. The van der Waals surface area contributed by atoms with Crippen molar-refractivity contribution < 1.29 is 14.3 Å². The smallest absolute Gasteiger partial charge is 0.251 e. The molecular formula is C20H24N2O3. The molecule has 1 saturated heterocycles. The Morgan fingerprint density at radius 3 is 2.52 bits per heavy atom. The lowest BCUT2D eigenvalue weighted by atomic mass is 10.1. The van der Waals surface area contributed by atoms with Crippen molar-refractivity contribution in [2.45, 2.75) is 13.2 Å². The zero-order valence-corrected chi connectivity index (χ0v) is 14.5. The summed E-state index contributed by atoms with van der Waals surface area (Å²) in [5, 5.41) is 3.04. The summed E-state index contributed by atoms with van der Waals surface area (Å²) in [5.41, 5.74) is 3.83. The summed E-state index contributed by atoms with van der Waals surface area (Å²) in [6, 6.07) is 15.7. The largest absolute Gasteiger partial charge is 0.380 e. The van der Waals surface area contributed by atoms with E-state index in [9.17, 15) is 4.79 Å². The highest BCUT2D eigenvalue weighted by Gasteiger charge is 2.16. The van der Waals surface area contributed by atoms with Crippen LogP contribution in [0.3, 0.4) is 0 Å². The topological polar surface area (TPSA) is 50.8 Å². The van der Waals surface area contributed by atoms with Crippen LogP contribution in [0.2, 0.25) is 0 Å². The van der Waals surface area contributed by atoms with Gasteiger partial charge in [0.2, 0.25) is 0 Å². The minimum atomic E-state index is -0.0792. The highest BCUT2D eigenvalue weighted by atomic mass is 16.5. The molecule has 5 nitrogen and oxygen atoms in total. The average Bonchev–Trinajstić information content (AvgIpc) is 2.68. The molecule has 132 valence electrons. The van der Waals surface area contributed by atoms with Crippen molar-refractivity contribution in [1.82, 2.24) is 5.32 Å². The Morgan fingerprint density at radius 1 is 1.08 bits per heavy atom. The number of para-hydroxylation sites is 1. The maximum absolute atomic E-state index is 12.6. The second kappa shape index (κ2) is 8.65. The fourth-order valence-electron chi connectivity index (χ4n) is 3.07. The Kier molecular flexibility index (Phi) is 6.04. The third-order valence-electron chi connectivity index (χ3n) is 4.34. The standard InChI is InChI=1S/C20H24N2O3/c1-24-15-17-7-2-4-8-18(17)20(23)21-14-16-6-3-5-9-19(16)22-10-12-25-13-11-22/h2-9H,10-15H2,1H3,(H,21,23). The zero-order chi connectivity index (χ0) is 17.5. The first kappa shape index (κ1) is 17.5. The lowest BCUT2D eigenvalue weighted by Gasteiger charge is -2.30. The van der Waals surface area contributed by atoms with E-state index >= 15 is 0 Å². The molecule has 0 aromatic heterocycles. The fraction of sp³-hybridized carbons (Fsp3) is 0.350. The first-order chi connectivity index (χ1) is 12.3. The number of carbonyl (C=O) groups is 1. The molecule has 2 aromatic carbocycles. The van der Waals surface area contributed by atoms with Crippen LogP contribution in [0.15, 0.2) is 48.5 Å². The molecule has 3 rings (SSSR count). The summed E-state index contributed by atoms with van der Waals surface area (Å²) in [6.45, 7) is 4.15. The van der Waals surface area contributed by atoms with Crippen molar-refractivity contribution in [3.8, 4) is 0 Å². The molecule has 0 aliphatic carbocycles. The highest BCUT2D eigenvalue weighted by Crippen LogP contribution is 2.21. The van der Waals surface area contributed by atoms with Crippen LogP contribution in [0.5, 0.6) is 0 Å². The minimum Gasteiger partial charge on any atom is -0.380 e. The van der Waals surface area contributed by atoms with Crippen molar-refractivity contribution in [3.05, 3.63) is 65.2 Å². The first-order valence-electron chi connectivity index (χ1n) is 8.55. The Balaban J connectivity index is 1.70. The molecule has 5 heteroatoms. The van der Waals surface area contributed by atoms with E-state index in [2.05, 4.69) is 22.3 Å². The van der Waals surface area contributed by atoms with Gasteiger partial charge in [-0.3, -0.25) is 4.79 Å². The Hall–Kier alpha value is -2.37. The van der Waals surface area contributed by atoms with Crippen LogP contribution in [0.4, 0.5) is 5.69 Å². The number of amides is 1. The molecule has 0 unspecified atom stereocenters. The van der Waals surface area contributed by atoms with E-state index in [1.54, 1.807) is 7.11 Å². The fourth-order valence-corrected chi connectivity index (χ4v) is 3.07. The van der Waals surface area contributed by atoms with E-state index in [0.717, 1.165) is 43.1 Å². The van der Waals surface area contributed by atoms with Gasteiger partial charge in [-0.15, -0.1) is 0 Å². The molecular weight excluding hydrogens is 316 g/mol. The number of rotatable bonds is 6. The summed E-state index contributed by atoms with van der Waals surface area (Å²) >= 11 is 0. The van der Waals surface area contributed by atoms with E-state index in [0.29, 0.717) is 18.7 Å². The van der Waals surface area contributed by atoms with Crippen LogP contribution in [0, 0.1) is 0 Å². The molecule has 1 aliphatic heterocycles. The minimum absolute atomic E-state index is 0.0792. The van der Waals surface area contributed by atoms with Crippen LogP contribution in [-0.4, -0.2) is 39.3 Å². The molecule has 1 fully saturated rings. The first-order valence-corrected chi connectivity index (χ1v) is 8.55. The number of anilines is 1. The quantitative estimate of drug-likeness (QED) is 0.878. The third-order valence-corrected chi connectivity index (χ3v) is 4.34. The van der Waals surface area contributed by atoms with Gasteiger partial charge in [0.05, 0.1) is 19.8 Å². The number of morpholine rings is 1. The van der Waals surface area contributed by atoms with Gasteiger partial charge in [-0.05, 0) is 23.3 Å². The van der Waals surface area contributed by atoms with Gasteiger partial charge >= 0.3 is 0 Å². The Morgan fingerprint density at radius 2 is 1.76 bits per heavy atom.